The van der Waals surface area contributed by atoms with E-state index in [1.807, 2.05) is 0 Å². The van der Waals surface area contributed by atoms with Gasteiger partial charge in [0, 0.05) is 23.0 Å². The van der Waals surface area contributed by atoms with Gasteiger partial charge in [-0.2, -0.15) is 0 Å². The maximum absolute atomic E-state index is 12.7. The molecule has 6 nitrogen and oxygen atoms in total. The van der Waals surface area contributed by atoms with Gasteiger partial charge in [-0.15, -0.1) is 0 Å². The third kappa shape index (κ3) is 5.00. The predicted molar refractivity (Wildman–Crippen MR) is 116 cm³/mol. The van der Waals surface area contributed by atoms with E-state index in [1.165, 1.54) is 13.8 Å². The molecule has 2 N–H and O–H groups in total. The summed E-state index contributed by atoms with van der Waals surface area (Å²) in [6.45, 7) is 2.94. The van der Waals surface area contributed by atoms with Crippen molar-refractivity contribution in [2.24, 2.45) is 11.8 Å². The Bertz CT molecular complexity index is 895. The zero-order valence-corrected chi connectivity index (χ0v) is 17.2. The van der Waals surface area contributed by atoms with Gasteiger partial charge in [-0.3, -0.25) is 19.2 Å². The van der Waals surface area contributed by atoms with Crippen LogP contribution >= 0.6 is 0 Å². The van der Waals surface area contributed by atoms with E-state index in [4.69, 9.17) is 0 Å². The predicted octanol–water partition coefficient (Wildman–Crippen LogP) is 4.48. The number of ketones is 2. The molecule has 0 bridgehead atoms. The number of hydrogen-bond acceptors (Lipinski definition) is 4. The normalized spacial score (nSPS) is 18.3. The smallest absolute Gasteiger partial charge is 0.227 e. The highest BCUT2D eigenvalue weighted by Crippen LogP contribution is 2.31. The van der Waals surface area contributed by atoms with E-state index >= 15 is 0 Å². The second kappa shape index (κ2) is 9.48. The number of benzene rings is 2. The molecule has 0 unspecified atom stereocenters. The van der Waals surface area contributed by atoms with Crippen LogP contribution in [0, 0.1) is 11.8 Å². The van der Waals surface area contributed by atoms with Crippen molar-refractivity contribution in [2.75, 3.05) is 10.6 Å². The second-order valence-electron chi connectivity index (χ2n) is 7.73. The lowest BCUT2D eigenvalue weighted by molar-refractivity contribution is -0.125. The maximum Gasteiger partial charge on any atom is 0.227 e. The van der Waals surface area contributed by atoms with Gasteiger partial charge in [0.25, 0.3) is 0 Å². The summed E-state index contributed by atoms with van der Waals surface area (Å²) < 4.78 is 0. The summed E-state index contributed by atoms with van der Waals surface area (Å²) in [7, 11) is 0. The molecule has 0 radical (unpaired) electrons. The first kappa shape index (κ1) is 21.4. The number of amides is 2. The lowest BCUT2D eigenvalue weighted by Gasteiger charge is -2.27. The van der Waals surface area contributed by atoms with Gasteiger partial charge in [-0.25, -0.2) is 0 Å². The highest BCUT2D eigenvalue weighted by atomic mass is 16.2. The van der Waals surface area contributed by atoms with Gasteiger partial charge in [0.1, 0.15) is 0 Å². The van der Waals surface area contributed by atoms with Crippen molar-refractivity contribution in [1.29, 1.82) is 0 Å². The fourth-order valence-corrected chi connectivity index (χ4v) is 3.89. The number of para-hydroxylation sites is 2. The molecular weight excluding hydrogens is 380 g/mol. The molecule has 0 heterocycles. The van der Waals surface area contributed by atoms with Crippen molar-refractivity contribution in [3.05, 3.63) is 59.7 Å². The van der Waals surface area contributed by atoms with Crippen LogP contribution in [0.15, 0.2) is 48.5 Å². The Morgan fingerprint density at radius 1 is 0.633 bits per heavy atom. The average Bonchev–Trinajstić information content (AvgIpc) is 2.74. The molecule has 2 amide bonds. The average molecular weight is 406 g/mol. The lowest BCUT2D eigenvalue weighted by atomic mass is 9.81. The molecule has 0 aromatic heterocycles. The van der Waals surface area contributed by atoms with E-state index in [0.717, 1.165) is 0 Å². The largest absolute Gasteiger partial charge is 0.325 e. The zero-order chi connectivity index (χ0) is 21.7. The van der Waals surface area contributed by atoms with Crippen molar-refractivity contribution in [2.45, 2.75) is 39.5 Å². The van der Waals surface area contributed by atoms with E-state index < -0.39 is 0 Å². The van der Waals surface area contributed by atoms with Gasteiger partial charge in [0.15, 0.2) is 11.6 Å². The third-order valence-corrected chi connectivity index (χ3v) is 5.60. The van der Waals surface area contributed by atoms with Crippen LogP contribution in [0.2, 0.25) is 0 Å². The Hall–Kier alpha value is -3.28. The number of rotatable bonds is 6. The molecule has 2 aromatic rings. The van der Waals surface area contributed by atoms with Crippen LogP contribution in [0.1, 0.15) is 60.2 Å². The maximum atomic E-state index is 12.7. The summed E-state index contributed by atoms with van der Waals surface area (Å²) in [6.07, 6.45) is 2.39. The van der Waals surface area contributed by atoms with E-state index in [9.17, 15) is 19.2 Å². The number of anilines is 2. The highest BCUT2D eigenvalue weighted by Gasteiger charge is 2.30. The Morgan fingerprint density at radius 3 is 1.30 bits per heavy atom. The minimum Gasteiger partial charge on any atom is -0.325 e. The second-order valence-corrected chi connectivity index (χ2v) is 7.73. The number of carbonyl (C=O) groups is 4. The number of carbonyl (C=O) groups excluding carboxylic acids is 4. The number of Topliss-reactive ketones (excluding diaryl/α,β-unsaturated/α-hetero) is 2. The molecule has 3 rings (SSSR count). The van der Waals surface area contributed by atoms with Crippen LogP contribution in [-0.4, -0.2) is 23.4 Å². The molecule has 0 atom stereocenters. The van der Waals surface area contributed by atoms with E-state index in [1.54, 1.807) is 48.5 Å². The van der Waals surface area contributed by atoms with Gasteiger partial charge >= 0.3 is 0 Å². The minimum atomic E-state index is -0.196. The van der Waals surface area contributed by atoms with Crippen molar-refractivity contribution in [3.63, 3.8) is 0 Å². The van der Waals surface area contributed by atoms with Gasteiger partial charge in [0.05, 0.1) is 11.4 Å². The van der Waals surface area contributed by atoms with Crippen LogP contribution in [0.5, 0.6) is 0 Å². The molecule has 30 heavy (non-hydrogen) atoms. The van der Waals surface area contributed by atoms with Crippen LogP contribution in [0.4, 0.5) is 11.4 Å². The summed E-state index contributed by atoms with van der Waals surface area (Å²) in [5.41, 5.74) is 2.03. The Kier molecular flexibility index (Phi) is 6.77. The first-order valence-electron chi connectivity index (χ1n) is 10.2. The number of hydrogen-bond donors (Lipinski definition) is 2. The molecule has 1 aliphatic rings. The fourth-order valence-electron chi connectivity index (χ4n) is 3.89. The van der Waals surface area contributed by atoms with E-state index in [-0.39, 0.29) is 35.2 Å². The molecule has 6 heteroatoms. The SMILES string of the molecule is CC(=O)c1ccccc1NC(=O)C1CCC(C(=O)Nc2ccccc2C(C)=O)CC1. The van der Waals surface area contributed by atoms with E-state index in [0.29, 0.717) is 48.2 Å². The van der Waals surface area contributed by atoms with Gasteiger partial charge in [0.2, 0.25) is 11.8 Å². The standard InChI is InChI=1S/C24H26N2O4/c1-15(27)19-7-3-5-9-21(19)25-23(29)17-11-13-18(14-12-17)24(30)26-22-10-6-4-8-20(22)16(2)28/h3-10,17-18H,11-14H2,1-2H3,(H,25,29)(H,26,30). The molecule has 1 aliphatic carbocycles. The topological polar surface area (TPSA) is 92.3 Å². The monoisotopic (exact) mass is 406 g/mol. The molecule has 2 aromatic carbocycles. The molecule has 1 saturated carbocycles. The molecular formula is C24H26N2O4. The van der Waals surface area contributed by atoms with Crippen molar-refractivity contribution in [1.82, 2.24) is 0 Å². The Labute approximate surface area is 176 Å². The van der Waals surface area contributed by atoms with Crippen molar-refractivity contribution >= 4 is 34.8 Å². The fraction of sp³-hybridized carbons (Fsp3) is 0.333. The lowest BCUT2D eigenvalue weighted by Crippen LogP contribution is -2.32. The third-order valence-electron chi connectivity index (χ3n) is 5.60. The van der Waals surface area contributed by atoms with Crippen molar-refractivity contribution in [3.8, 4) is 0 Å². The first-order valence-corrected chi connectivity index (χ1v) is 10.2. The van der Waals surface area contributed by atoms with Gasteiger partial charge < -0.3 is 10.6 Å². The molecule has 0 saturated heterocycles. The number of nitrogens with one attached hydrogen (secondary N) is 2. The minimum absolute atomic E-state index is 0.0999. The van der Waals surface area contributed by atoms with Crippen LogP contribution in [0.3, 0.4) is 0 Å². The summed E-state index contributed by atoms with van der Waals surface area (Å²) in [4.78, 5) is 48.8. The van der Waals surface area contributed by atoms with Gasteiger partial charge in [-0.1, -0.05) is 24.3 Å². The molecule has 0 aliphatic heterocycles. The van der Waals surface area contributed by atoms with Crippen LogP contribution in [0.25, 0.3) is 0 Å². The first-order chi connectivity index (χ1) is 14.4. The Morgan fingerprint density at radius 2 is 0.967 bits per heavy atom. The van der Waals surface area contributed by atoms with Gasteiger partial charge in [-0.05, 0) is 63.8 Å². The quantitative estimate of drug-likeness (QED) is 0.692. The molecule has 156 valence electrons. The molecule has 0 spiro atoms. The summed E-state index contributed by atoms with van der Waals surface area (Å²) in [6, 6.07) is 13.9. The van der Waals surface area contributed by atoms with Crippen molar-refractivity contribution < 1.29 is 19.2 Å². The molecule has 1 fully saturated rings. The zero-order valence-electron chi connectivity index (χ0n) is 17.2. The summed E-state index contributed by atoms with van der Waals surface area (Å²) in [5, 5.41) is 5.74. The summed E-state index contributed by atoms with van der Waals surface area (Å²) >= 11 is 0. The van der Waals surface area contributed by atoms with E-state index in [2.05, 4.69) is 10.6 Å². The summed E-state index contributed by atoms with van der Waals surface area (Å²) in [5.74, 6) is -0.833. The van der Waals surface area contributed by atoms with Crippen LogP contribution < -0.4 is 10.6 Å². The Balaban J connectivity index is 1.57. The van der Waals surface area contributed by atoms with Crippen LogP contribution in [-0.2, 0) is 9.59 Å². The highest BCUT2D eigenvalue weighted by molar-refractivity contribution is 6.05.